The minimum atomic E-state index is 0.0532. The molecule has 0 aromatic heterocycles. The zero-order valence-corrected chi connectivity index (χ0v) is 39.9. The van der Waals surface area contributed by atoms with Crippen LogP contribution < -0.4 is 32.8 Å². The van der Waals surface area contributed by atoms with E-state index in [9.17, 15) is 0 Å². The van der Waals surface area contributed by atoms with Crippen LogP contribution in [0.4, 0.5) is 11.4 Å². The van der Waals surface area contributed by atoms with E-state index in [0.717, 1.165) is 33.3 Å². The summed E-state index contributed by atoms with van der Waals surface area (Å²) in [6, 6.07) is 49.1. The maximum atomic E-state index is 5.29. The van der Waals surface area contributed by atoms with Crippen molar-refractivity contribution in [2.24, 2.45) is 9.98 Å². The van der Waals surface area contributed by atoms with Gasteiger partial charge in [-0.05, 0) is 106 Å². The highest BCUT2D eigenvalue weighted by molar-refractivity contribution is 6.97. The van der Waals surface area contributed by atoms with Crippen LogP contribution in [0, 0.1) is 83.1 Å². The van der Waals surface area contributed by atoms with Gasteiger partial charge in [-0.15, -0.1) is 0 Å². The van der Waals surface area contributed by atoms with E-state index < -0.39 is 0 Å². The maximum Gasteiger partial charge on any atom is 0.243 e. The molecule has 0 aliphatic carbocycles. The Morgan fingerprint density at radius 1 is 0.312 bits per heavy atom. The summed E-state index contributed by atoms with van der Waals surface area (Å²) < 4.78 is 0. The summed E-state index contributed by atoms with van der Waals surface area (Å²) in [4.78, 5) is 10.6. The van der Waals surface area contributed by atoms with Crippen molar-refractivity contribution in [1.82, 2.24) is 0 Å². The second-order valence-corrected chi connectivity index (χ2v) is 18.5. The Morgan fingerprint density at radius 3 is 0.844 bits per heavy atom. The summed E-state index contributed by atoms with van der Waals surface area (Å²) in [6.07, 6.45) is 4.15. The second-order valence-electron chi connectivity index (χ2n) is 18.5. The molecule has 0 heterocycles. The number of fused-ring (bicyclic) bond motifs is 1. The van der Waals surface area contributed by atoms with Gasteiger partial charge in [0.05, 0.1) is 11.4 Å². The van der Waals surface area contributed by atoms with E-state index in [-0.39, 0.29) is 13.4 Å². The molecule has 0 aliphatic rings. The first-order valence-electron chi connectivity index (χ1n) is 22.8. The Kier molecular flexibility index (Phi) is 12.6. The predicted molar refractivity (Wildman–Crippen MR) is 283 cm³/mol. The zero-order chi connectivity index (χ0) is 45.4. The van der Waals surface area contributed by atoms with Crippen molar-refractivity contribution in [1.29, 1.82) is 0 Å². The molecule has 8 aromatic carbocycles. The van der Waals surface area contributed by atoms with Gasteiger partial charge in [0.25, 0.3) is 0 Å². The topological polar surface area (TPSA) is 24.7 Å². The molecule has 0 saturated carbocycles. The number of aliphatic imine (C=N–C) groups is 2. The lowest BCUT2D eigenvalue weighted by atomic mass is 9.33. The summed E-state index contributed by atoms with van der Waals surface area (Å²) in [7, 11) is 0. The van der Waals surface area contributed by atoms with Crippen LogP contribution in [0.5, 0.6) is 0 Å². The van der Waals surface area contributed by atoms with Crippen molar-refractivity contribution in [3.8, 4) is 0 Å². The molecule has 0 bridgehead atoms. The third-order valence-electron chi connectivity index (χ3n) is 13.3. The first kappa shape index (κ1) is 44.1. The summed E-state index contributed by atoms with van der Waals surface area (Å²) in [5, 5.41) is 2.14. The second kappa shape index (κ2) is 18.3. The minimum Gasteiger partial charge on any atom is -0.256 e. The number of hydrogen-bond acceptors (Lipinski definition) is 2. The highest BCUT2D eigenvalue weighted by Gasteiger charge is 2.31. The van der Waals surface area contributed by atoms with Crippen molar-refractivity contribution >= 4 is 80.8 Å². The van der Waals surface area contributed by atoms with Crippen LogP contribution in [-0.4, -0.2) is 25.9 Å². The SMILES string of the molecule is Cc1cc(C)c(B(c2ccccc2C=Nc2ccc(N=Cc3ccccc3B(c3c(C)cc(C)cc3C)c3c(C)cc(C)cc3C)c3ccccc23)c2c(C)cc(C)cc2C)c(C)c1. The smallest absolute Gasteiger partial charge is 0.243 e. The molecule has 0 amide bonds. The van der Waals surface area contributed by atoms with Gasteiger partial charge in [0, 0.05) is 23.2 Å². The van der Waals surface area contributed by atoms with E-state index in [1.54, 1.807) is 0 Å². The van der Waals surface area contributed by atoms with Gasteiger partial charge in [0.15, 0.2) is 0 Å². The lowest BCUT2D eigenvalue weighted by Gasteiger charge is -2.25. The lowest BCUT2D eigenvalue weighted by molar-refractivity contribution is 1.34. The fourth-order valence-electron chi connectivity index (χ4n) is 11.1. The fourth-order valence-corrected chi connectivity index (χ4v) is 11.1. The van der Waals surface area contributed by atoms with Crippen LogP contribution in [0.2, 0.25) is 0 Å². The molecule has 0 atom stereocenters. The Hall–Kier alpha value is -6.51. The largest absolute Gasteiger partial charge is 0.256 e. The van der Waals surface area contributed by atoms with Gasteiger partial charge in [0.2, 0.25) is 13.4 Å². The Bertz CT molecular complexity index is 2730. The highest BCUT2D eigenvalue weighted by atomic mass is 14.7. The van der Waals surface area contributed by atoms with Crippen LogP contribution in [0.3, 0.4) is 0 Å². The van der Waals surface area contributed by atoms with E-state index >= 15 is 0 Å². The molecular formula is C60H60B2N2. The predicted octanol–water partition coefficient (Wildman–Crippen LogP) is 11.1. The molecule has 2 nitrogen and oxygen atoms in total. The van der Waals surface area contributed by atoms with Crippen LogP contribution in [-0.2, 0) is 0 Å². The van der Waals surface area contributed by atoms with Crippen molar-refractivity contribution < 1.29 is 0 Å². The third-order valence-corrected chi connectivity index (χ3v) is 13.3. The molecule has 0 spiro atoms. The van der Waals surface area contributed by atoms with Crippen LogP contribution in [0.1, 0.15) is 77.9 Å². The maximum absolute atomic E-state index is 5.29. The first-order valence-corrected chi connectivity index (χ1v) is 22.8. The lowest BCUT2D eigenvalue weighted by Crippen LogP contribution is -2.56. The molecule has 8 rings (SSSR count). The van der Waals surface area contributed by atoms with Crippen molar-refractivity contribution in [2.75, 3.05) is 0 Å². The van der Waals surface area contributed by atoms with E-state index in [1.165, 1.54) is 99.5 Å². The van der Waals surface area contributed by atoms with Crippen LogP contribution in [0.15, 0.2) is 143 Å². The summed E-state index contributed by atoms with van der Waals surface area (Å²) >= 11 is 0. The third kappa shape index (κ3) is 8.72. The molecule has 0 unspecified atom stereocenters. The van der Waals surface area contributed by atoms with E-state index in [1.807, 2.05) is 0 Å². The Labute approximate surface area is 383 Å². The average Bonchev–Trinajstić information content (AvgIpc) is 3.23. The van der Waals surface area contributed by atoms with E-state index in [2.05, 4.69) is 229 Å². The van der Waals surface area contributed by atoms with Gasteiger partial charge in [-0.25, -0.2) is 0 Å². The molecule has 0 saturated heterocycles. The van der Waals surface area contributed by atoms with Crippen LogP contribution >= 0.6 is 0 Å². The molecule has 8 aromatic rings. The highest BCUT2D eigenvalue weighted by Crippen LogP contribution is 2.33. The molecule has 4 heteroatoms. The van der Waals surface area contributed by atoms with Crippen molar-refractivity contribution in [3.05, 3.63) is 211 Å². The monoisotopic (exact) mass is 830 g/mol. The van der Waals surface area contributed by atoms with E-state index in [0.29, 0.717) is 0 Å². The number of rotatable bonds is 10. The number of hydrogen-bond donors (Lipinski definition) is 0. The van der Waals surface area contributed by atoms with Gasteiger partial charge < -0.3 is 0 Å². The number of nitrogens with zero attached hydrogens (tertiary/aromatic N) is 2. The molecule has 0 N–H and O–H groups in total. The van der Waals surface area contributed by atoms with Gasteiger partial charge in [-0.2, -0.15) is 0 Å². The van der Waals surface area contributed by atoms with E-state index in [4.69, 9.17) is 9.98 Å². The normalized spacial score (nSPS) is 11.6. The van der Waals surface area contributed by atoms with Crippen molar-refractivity contribution in [3.63, 3.8) is 0 Å². The van der Waals surface area contributed by atoms with Crippen molar-refractivity contribution in [2.45, 2.75) is 83.1 Å². The molecular weight excluding hydrogens is 770 g/mol. The van der Waals surface area contributed by atoms with Crippen LogP contribution in [0.25, 0.3) is 10.8 Å². The Balaban J connectivity index is 1.21. The molecule has 0 fully saturated rings. The Morgan fingerprint density at radius 2 is 0.562 bits per heavy atom. The zero-order valence-electron chi connectivity index (χ0n) is 39.9. The quantitative estimate of drug-likeness (QED) is 0.0969. The molecule has 64 heavy (non-hydrogen) atoms. The fraction of sp³-hybridized carbons (Fsp3) is 0.200. The first-order chi connectivity index (χ1) is 30.7. The minimum absolute atomic E-state index is 0.0532. The summed E-state index contributed by atoms with van der Waals surface area (Å²) in [5.74, 6) is 0. The van der Waals surface area contributed by atoms with Gasteiger partial charge in [-0.3, -0.25) is 9.98 Å². The standard InChI is InChI=1S/C60H60B2N2/c1-37-27-41(5)57(42(6)28-37)61(58-43(7)29-38(2)30-44(58)8)53-23-17-13-19-49(53)35-63-55-25-26-56(52-22-16-15-21-51(52)55)64-36-50-20-14-18-24-54(50)62(59-45(9)31-39(3)32-46(59)10)60-47(11)33-40(4)34-48(60)12/h13-36H,1-12H3. The molecule has 0 aliphatic heterocycles. The summed E-state index contributed by atoms with van der Waals surface area (Å²) in [5.41, 5.74) is 27.7. The van der Waals surface area contributed by atoms with Gasteiger partial charge in [0.1, 0.15) is 0 Å². The summed E-state index contributed by atoms with van der Waals surface area (Å²) in [6.45, 7) is 27.0. The van der Waals surface area contributed by atoms with Gasteiger partial charge >= 0.3 is 0 Å². The van der Waals surface area contributed by atoms with Gasteiger partial charge in [-0.1, -0.05) is 221 Å². The molecule has 0 radical (unpaired) electrons. The number of aryl methyl sites for hydroxylation is 12. The average molecular weight is 831 g/mol. The molecule has 316 valence electrons. The number of benzene rings is 8.